The van der Waals surface area contributed by atoms with Crippen molar-refractivity contribution in [2.75, 3.05) is 0 Å². The van der Waals surface area contributed by atoms with E-state index >= 15 is 0 Å². The summed E-state index contributed by atoms with van der Waals surface area (Å²) in [6, 6.07) is 0. The molecule has 0 aromatic carbocycles. The van der Waals surface area contributed by atoms with E-state index in [1.807, 2.05) is 25.6 Å². The van der Waals surface area contributed by atoms with Crippen molar-refractivity contribution in [3.8, 4) is 0 Å². The largest absolute Gasteiger partial charge is 0.467 e. The first kappa shape index (κ1) is 15.7. The van der Waals surface area contributed by atoms with Crippen molar-refractivity contribution in [3.05, 3.63) is 81.1 Å². The predicted molar refractivity (Wildman–Crippen MR) is 93.6 cm³/mol. The molecule has 21 heavy (non-hydrogen) atoms. The SMILES string of the molecule is CC1=CC(=CC/C=C/C=C2C=C(C)SC(C)=C2)C=C(C)O1. The minimum absolute atomic E-state index is 0.923. The molecule has 0 aliphatic carbocycles. The van der Waals surface area contributed by atoms with Gasteiger partial charge in [-0.1, -0.05) is 36.1 Å². The fraction of sp³-hybridized carbons (Fsp3) is 0.263. The molecule has 0 radical (unpaired) electrons. The van der Waals surface area contributed by atoms with Crippen LogP contribution in [0.5, 0.6) is 0 Å². The predicted octanol–water partition coefficient (Wildman–Crippen LogP) is 6.18. The van der Waals surface area contributed by atoms with E-state index in [9.17, 15) is 0 Å². The molecule has 0 bridgehead atoms. The van der Waals surface area contributed by atoms with Crippen LogP contribution in [0.3, 0.4) is 0 Å². The molecule has 0 saturated heterocycles. The molecule has 1 nitrogen and oxygen atoms in total. The van der Waals surface area contributed by atoms with Gasteiger partial charge in [0.05, 0.1) is 0 Å². The molecule has 2 aliphatic rings. The molecular formula is C19H22OS. The highest BCUT2D eigenvalue weighted by Crippen LogP contribution is 2.31. The van der Waals surface area contributed by atoms with E-state index in [1.54, 1.807) is 0 Å². The number of hydrogen-bond donors (Lipinski definition) is 0. The third kappa shape index (κ3) is 5.31. The maximum atomic E-state index is 5.48. The number of ether oxygens (including phenoxy) is 1. The van der Waals surface area contributed by atoms with Crippen LogP contribution in [0.4, 0.5) is 0 Å². The zero-order chi connectivity index (χ0) is 15.2. The van der Waals surface area contributed by atoms with E-state index in [-0.39, 0.29) is 0 Å². The first-order valence-corrected chi connectivity index (χ1v) is 8.00. The molecule has 0 N–H and O–H groups in total. The van der Waals surface area contributed by atoms with Crippen LogP contribution in [0.25, 0.3) is 0 Å². The van der Waals surface area contributed by atoms with Crippen molar-refractivity contribution < 1.29 is 4.74 Å². The van der Waals surface area contributed by atoms with Gasteiger partial charge >= 0.3 is 0 Å². The topological polar surface area (TPSA) is 9.23 Å². The minimum atomic E-state index is 0.923. The van der Waals surface area contributed by atoms with Gasteiger partial charge in [0.25, 0.3) is 0 Å². The maximum Gasteiger partial charge on any atom is 0.101 e. The molecule has 0 amide bonds. The highest BCUT2D eigenvalue weighted by atomic mass is 32.2. The zero-order valence-corrected chi connectivity index (χ0v) is 14.0. The molecule has 0 fully saturated rings. The average Bonchev–Trinajstić information content (AvgIpc) is 2.36. The maximum absolute atomic E-state index is 5.48. The summed E-state index contributed by atoms with van der Waals surface area (Å²) in [4.78, 5) is 2.69. The van der Waals surface area contributed by atoms with Crippen molar-refractivity contribution in [2.45, 2.75) is 34.1 Å². The summed E-state index contributed by atoms with van der Waals surface area (Å²) in [6.07, 6.45) is 18.2. The van der Waals surface area contributed by atoms with Gasteiger partial charge in [0.2, 0.25) is 0 Å². The Morgan fingerprint density at radius 1 is 0.905 bits per heavy atom. The Hall–Kier alpha value is -1.67. The Bertz CT molecular complexity index is 582. The van der Waals surface area contributed by atoms with E-state index in [0.29, 0.717) is 0 Å². The molecule has 0 unspecified atom stereocenters. The van der Waals surface area contributed by atoms with Crippen LogP contribution in [-0.2, 0) is 4.74 Å². The summed E-state index contributed by atoms with van der Waals surface area (Å²) in [5.41, 5.74) is 2.49. The quantitative estimate of drug-likeness (QED) is 0.615. The third-order valence-electron chi connectivity index (χ3n) is 3.04. The number of allylic oxidation sites excluding steroid dienone is 14. The standard InChI is InChI=1S/C19H22OS/c1-14-10-18(11-15(2)20-14)8-6-5-7-9-19-12-16(3)21-17(4)13-19/h5,7-13H,6H2,1-4H3/b7-5+. The second-order valence-electron chi connectivity index (χ2n) is 5.26. The monoisotopic (exact) mass is 298 g/mol. The van der Waals surface area contributed by atoms with Crippen LogP contribution < -0.4 is 0 Å². The van der Waals surface area contributed by atoms with Gasteiger partial charge in [-0.3, -0.25) is 0 Å². The second kappa shape index (κ2) is 7.37. The van der Waals surface area contributed by atoms with Gasteiger partial charge in [-0.2, -0.15) is 0 Å². The molecule has 0 atom stereocenters. The lowest BCUT2D eigenvalue weighted by molar-refractivity contribution is 0.304. The van der Waals surface area contributed by atoms with E-state index in [4.69, 9.17) is 4.74 Å². The van der Waals surface area contributed by atoms with E-state index < -0.39 is 0 Å². The van der Waals surface area contributed by atoms with Gasteiger partial charge in [0.15, 0.2) is 0 Å². The fourth-order valence-electron chi connectivity index (χ4n) is 2.32. The molecule has 2 rings (SSSR count). The van der Waals surface area contributed by atoms with Crippen LogP contribution in [0, 0.1) is 0 Å². The fourth-order valence-corrected chi connectivity index (χ4v) is 3.22. The molecule has 0 spiro atoms. The zero-order valence-electron chi connectivity index (χ0n) is 13.1. The van der Waals surface area contributed by atoms with Gasteiger partial charge in [-0.15, -0.1) is 0 Å². The average molecular weight is 298 g/mol. The van der Waals surface area contributed by atoms with E-state index in [1.165, 1.54) is 21.0 Å². The summed E-state index contributed by atoms with van der Waals surface area (Å²) in [5.74, 6) is 1.90. The lowest BCUT2D eigenvalue weighted by Gasteiger charge is -2.11. The molecular weight excluding hydrogens is 276 g/mol. The first-order chi connectivity index (χ1) is 10.0. The van der Waals surface area contributed by atoms with Crippen molar-refractivity contribution >= 4 is 11.8 Å². The Balaban J connectivity index is 1.95. The van der Waals surface area contributed by atoms with Crippen molar-refractivity contribution in [2.24, 2.45) is 0 Å². The molecule has 0 aromatic heterocycles. The Morgan fingerprint density at radius 2 is 1.52 bits per heavy atom. The number of rotatable bonds is 3. The highest BCUT2D eigenvalue weighted by molar-refractivity contribution is 8.06. The van der Waals surface area contributed by atoms with Gasteiger partial charge < -0.3 is 4.74 Å². The Kier molecular flexibility index (Phi) is 5.51. The summed E-state index contributed by atoms with van der Waals surface area (Å²) in [6.45, 7) is 8.26. The molecule has 0 aromatic rings. The van der Waals surface area contributed by atoms with Crippen molar-refractivity contribution in [1.29, 1.82) is 0 Å². The smallest absolute Gasteiger partial charge is 0.101 e. The van der Waals surface area contributed by atoms with Crippen LogP contribution in [0.15, 0.2) is 81.1 Å². The molecule has 2 heteroatoms. The summed E-state index contributed by atoms with van der Waals surface area (Å²) in [7, 11) is 0. The number of thioether (sulfide) groups is 1. The van der Waals surface area contributed by atoms with Crippen LogP contribution >= 0.6 is 11.8 Å². The third-order valence-corrected chi connectivity index (χ3v) is 3.92. The number of hydrogen-bond acceptors (Lipinski definition) is 2. The van der Waals surface area contributed by atoms with Crippen LogP contribution in [-0.4, -0.2) is 0 Å². The molecule has 2 aliphatic heterocycles. The van der Waals surface area contributed by atoms with E-state index in [0.717, 1.165) is 17.9 Å². The van der Waals surface area contributed by atoms with Gasteiger partial charge in [0, 0.05) is 0 Å². The lowest BCUT2D eigenvalue weighted by Crippen LogP contribution is -1.93. The highest BCUT2D eigenvalue weighted by Gasteiger charge is 2.03. The van der Waals surface area contributed by atoms with E-state index in [2.05, 4.69) is 62.5 Å². The van der Waals surface area contributed by atoms with Gasteiger partial charge in [-0.25, -0.2) is 0 Å². The van der Waals surface area contributed by atoms with Crippen molar-refractivity contribution in [1.82, 2.24) is 0 Å². The Labute approximate surface area is 132 Å². The second-order valence-corrected chi connectivity index (χ2v) is 6.75. The van der Waals surface area contributed by atoms with Gasteiger partial charge in [0.1, 0.15) is 11.5 Å². The minimum Gasteiger partial charge on any atom is -0.467 e. The summed E-state index contributed by atoms with van der Waals surface area (Å²) < 4.78 is 5.48. The molecule has 110 valence electrons. The van der Waals surface area contributed by atoms with Crippen LogP contribution in [0.1, 0.15) is 34.1 Å². The Morgan fingerprint density at radius 3 is 2.14 bits per heavy atom. The molecule has 0 saturated carbocycles. The summed E-state index contributed by atoms with van der Waals surface area (Å²) in [5, 5.41) is 0. The lowest BCUT2D eigenvalue weighted by atomic mass is 10.1. The normalized spacial score (nSPS) is 18.7. The first-order valence-electron chi connectivity index (χ1n) is 7.19. The molecule has 2 heterocycles. The van der Waals surface area contributed by atoms with Crippen molar-refractivity contribution in [3.63, 3.8) is 0 Å². The van der Waals surface area contributed by atoms with Gasteiger partial charge in [-0.05, 0) is 79.4 Å². The van der Waals surface area contributed by atoms with Crippen LogP contribution in [0.2, 0.25) is 0 Å². The summed E-state index contributed by atoms with van der Waals surface area (Å²) >= 11 is 1.83.